The first-order valence-corrected chi connectivity index (χ1v) is 6.90. The molecular formula is C16H16ClNO3. The highest BCUT2D eigenvalue weighted by molar-refractivity contribution is 6.32. The summed E-state index contributed by atoms with van der Waals surface area (Å²) >= 11 is 6.15. The smallest absolute Gasteiger partial charge is 0.255 e. The molecule has 0 atom stereocenters. The lowest BCUT2D eigenvalue weighted by Crippen LogP contribution is -2.12. The van der Waals surface area contributed by atoms with Gasteiger partial charge in [-0.2, -0.15) is 0 Å². The predicted octanol–water partition coefficient (Wildman–Crippen LogP) is 4.00. The van der Waals surface area contributed by atoms with Gasteiger partial charge in [-0.1, -0.05) is 29.8 Å². The van der Waals surface area contributed by atoms with Gasteiger partial charge in [-0.25, -0.2) is 0 Å². The number of hydrogen-bond donors (Lipinski definition) is 1. The Hall–Kier alpha value is -2.20. The molecule has 110 valence electrons. The summed E-state index contributed by atoms with van der Waals surface area (Å²) in [5.74, 6) is 0.616. The van der Waals surface area contributed by atoms with Crippen molar-refractivity contribution in [3.63, 3.8) is 0 Å². The molecule has 0 heterocycles. The zero-order valence-corrected chi connectivity index (χ0v) is 12.6. The Balaban J connectivity index is 2.27. The molecule has 0 bridgehead atoms. The number of carbonyl (C=O) groups excluding carboxylic acids is 1. The van der Waals surface area contributed by atoms with Crippen LogP contribution in [0.1, 0.15) is 17.3 Å². The van der Waals surface area contributed by atoms with Crippen LogP contribution in [0, 0.1) is 0 Å². The van der Waals surface area contributed by atoms with Crippen LogP contribution < -0.4 is 14.8 Å². The Bertz CT molecular complexity index is 629. The molecular weight excluding hydrogens is 290 g/mol. The second-order valence-electron chi connectivity index (χ2n) is 4.24. The lowest BCUT2D eigenvalue weighted by molar-refractivity contribution is 0.102. The standard InChI is InChI=1S/C16H16ClNO3/c1-3-21-15-13(17)9-11(10-14(15)20-2)16(19)18-12-7-5-4-6-8-12/h4-10H,3H2,1-2H3,(H,18,19). The van der Waals surface area contributed by atoms with Crippen LogP contribution in [0.25, 0.3) is 0 Å². The molecule has 2 rings (SSSR count). The van der Waals surface area contributed by atoms with Gasteiger partial charge in [0.15, 0.2) is 11.5 Å². The van der Waals surface area contributed by atoms with Gasteiger partial charge in [0.1, 0.15) is 0 Å². The van der Waals surface area contributed by atoms with Crippen molar-refractivity contribution < 1.29 is 14.3 Å². The lowest BCUT2D eigenvalue weighted by atomic mass is 10.1. The van der Waals surface area contributed by atoms with Gasteiger partial charge in [0, 0.05) is 11.3 Å². The number of benzene rings is 2. The molecule has 2 aromatic rings. The molecule has 0 saturated heterocycles. The molecule has 1 amide bonds. The van der Waals surface area contributed by atoms with Crippen molar-refractivity contribution in [2.24, 2.45) is 0 Å². The van der Waals surface area contributed by atoms with Crippen molar-refractivity contribution >= 4 is 23.2 Å². The van der Waals surface area contributed by atoms with E-state index in [1.807, 2.05) is 37.3 Å². The quantitative estimate of drug-likeness (QED) is 0.908. The monoisotopic (exact) mass is 305 g/mol. The van der Waals surface area contributed by atoms with Crippen LogP contribution in [0.3, 0.4) is 0 Å². The van der Waals surface area contributed by atoms with Gasteiger partial charge in [-0.3, -0.25) is 4.79 Å². The SMILES string of the molecule is CCOc1c(Cl)cc(C(=O)Nc2ccccc2)cc1OC. The first-order valence-electron chi connectivity index (χ1n) is 6.52. The first-order chi connectivity index (χ1) is 10.2. The van der Waals surface area contributed by atoms with Crippen LogP contribution in [0.5, 0.6) is 11.5 Å². The van der Waals surface area contributed by atoms with E-state index in [0.717, 1.165) is 0 Å². The summed E-state index contributed by atoms with van der Waals surface area (Å²) in [5, 5.41) is 3.14. The van der Waals surface area contributed by atoms with Crippen LogP contribution in [0.15, 0.2) is 42.5 Å². The van der Waals surface area contributed by atoms with E-state index in [0.29, 0.717) is 34.4 Å². The zero-order valence-electron chi connectivity index (χ0n) is 11.9. The maximum Gasteiger partial charge on any atom is 0.255 e. The van der Waals surface area contributed by atoms with Crippen molar-refractivity contribution in [1.82, 2.24) is 0 Å². The number of carbonyl (C=O) groups is 1. The molecule has 4 nitrogen and oxygen atoms in total. The summed E-state index contributed by atoms with van der Waals surface area (Å²) in [6.45, 7) is 2.32. The molecule has 0 spiro atoms. The van der Waals surface area contributed by atoms with Crippen molar-refractivity contribution in [3.8, 4) is 11.5 Å². The summed E-state index contributed by atoms with van der Waals surface area (Å²) in [6, 6.07) is 12.4. The topological polar surface area (TPSA) is 47.6 Å². The number of ether oxygens (including phenoxy) is 2. The molecule has 2 aromatic carbocycles. The van der Waals surface area contributed by atoms with E-state index in [2.05, 4.69) is 5.32 Å². The van der Waals surface area contributed by atoms with Gasteiger partial charge in [-0.15, -0.1) is 0 Å². The third-order valence-electron chi connectivity index (χ3n) is 2.81. The number of nitrogens with one attached hydrogen (secondary N) is 1. The lowest BCUT2D eigenvalue weighted by Gasteiger charge is -2.13. The third kappa shape index (κ3) is 3.67. The summed E-state index contributed by atoms with van der Waals surface area (Å²) in [6.07, 6.45) is 0. The van der Waals surface area contributed by atoms with E-state index in [1.165, 1.54) is 7.11 Å². The molecule has 0 aliphatic heterocycles. The van der Waals surface area contributed by atoms with E-state index in [-0.39, 0.29) is 5.91 Å². The Kier molecular flexibility index (Phi) is 5.06. The zero-order chi connectivity index (χ0) is 15.2. The molecule has 0 saturated carbocycles. The number of amides is 1. The summed E-state index contributed by atoms with van der Waals surface area (Å²) in [5.41, 5.74) is 1.12. The highest BCUT2D eigenvalue weighted by atomic mass is 35.5. The predicted molar refractivity (Wildman–Crippen MR) is 83.6 cm³/mol. The maximum absolute atomic E-state index is 12.2. The number of hydrogen-bond acceptors (Lipinski definition) is 3. The molecule has 0 aliphatic rings. The van der Waals surface area contributed by atoms with E-state index >= 15 is 0 Å². The van der Waals surface area contributed by atoms with E-state index in [4.69, 9.17) is 21.1 Å². The molecule has 1 N–H and O–H groups in total. The number of anilines is 1. The van der Waals surface area contributed by atoms with Crippen LogP contribution in [-0.4, -0.2) is 19.6 Å². The van der Waals surface area contributed by atoms with Crippen LogP contribution in [0.4, 0.5) is 5.69 Å². The molecule has 0 unspecified atom stereocenters. The maximum atomic E-state index is 12.2. The number of halogens is 1. The van der Waals surface area contributed by atoms with E-state index in [1.54, 1.807) is 12.1 Å². The summed E-state index contributed by atoms with van der Waals surface area (Å²) in [7, 11) is 1.51. The highest BCUT2D eigenvalue weighted by Gasteiger charge is 2.15. The van der Waals surface area contributed by atoms with Crippen molar-refractivity contribution in [3.05, 3.63) is 53.1 Å². The Morgan fingerprint density at radius 1 is 1.24 bits per heavy atom. The summed E-state index contributed by atoms with van der Waals surface area (Å²) < 4.78 is 10.7. The molecule has 5 heteroatoms. The summed E-state index contributed by atoms with van der Waals surface area (Å²) in [4.78, 5) is 12.2. The van der Waals surface area contributed by atoms with Crippen LogP contribution >= 0.6 is 11.6 Å². The van der Waals surface area contributed by atoms with Crippen molar-refractivity contribution in [1.29, 1.82) is 0 Å². The van der Waals surface area contributed by atoms with Gasteiger partial charge in [0.2, 0.25) is 0 Å². The van der Waals surface area contributed by atoms with Gasteiger partial charge < -0.3 is 14.8 Å². The van der Waals surface area contributed by atoms with Crippen LogP contribution in [0.2, 0.25) is 5.02 Å². The molecule has 0 radical (unpaired) electrons. The molecule has 0 fully saturated rings. The van der Waals surface area contributed by atoms with Crippen LogP contribution in [-0.2, 0) is 0 Å². The minimum atomic E-state index is -0.260. The van der Waals surface area contributed by atoms with Gasteiger partial charge in [0.05, 0.1) is 18.7 Å². The van der Waals surface area contributed by atoms with E-state index < -0.39 is 0 Å². The average molecular weight is 306 g/mol. The first kappa shape index (κ1) is 15.2. The van der Waals surface area contributed by atoms with Gasteiger partial charge >= 0.3 is 0 Å². The number of para-hydroxylation sites is 1. The van der Waals surface area contributed by atoms with Gasteiger partial charge in [-0.05, 0) is 31.2 Å². The van der Waals surface area contributed by atoms with E-state index in [9.17, 15) is 4.79 Å². The molecule has 0 aromatic heterocycles. The Morgan fingerprint density at radius 3 is 2.57 bits per heavy atom. The molecule has 21 heavy (non-hydrogen) atoms. The normalized spacial score (nSPS) is 10.0. The minimum Gasteiger partial charge on any atom is -0.493 e. The Labute approximate surface area is 128 Å². The second-order valence-corrected chi connectivity index (χ2v) is 4.65. The fourth-order valence-electron chi connectivity index (χ4n) is 1.86. The number of rotatable bonds is 5. The van der Waals surface area contributed by atoms with Gasteiger partial charge in [0.25, 0.3) is 5.91 Å². The molecule has 0 aliphatic carbocycles. The fourth-order valence-corrected chi connectivity index (χ4v) is 2.13. The third-order valence-corrected chi connectivity index (χ3v) is 3.09. The average Bonchev–Trinajstić information content (AvgIpc) is 2.50. The Morgan fingerprint density at radius 2 is 1.95 bits per heavy atom. The minimum absolute atomic E-state index is 0.260. The highest BCUT2D eigenvalue weighted by Crippen LogP contribution is 2.36. The largest absolute Gasteiger partial charge is 0.493 e. The van der Waals surface area contributed by atoms with Crippen molar-refractivity contribution in [2.45, 2.75) is 6.92 Å². The fraction of sp³-hybridized carbons (Fsp3) is 0.188. The van der Waals surface area contributed by atoms with Crippen molar-refractivity contribution in [2.75, 3.05) is 19.0 Å². The number of methoxy groups -OCH3 is 1. The second kappa shape index (κ2) is 6.99.